The summed E-state index contributed by atoms with van der Waals surface area (Å²) in [6.07, 6.45) is 0.137. The average Bonchev–Trinajstić information content (AvgIpc) is 2.61. The van der Waals surface area contributed by atoms with E-state index in [9.17, 15) is 29.6 Å². The molecular formula is C17H14BNO7. The Morgan fingerprint density at radius 1 is 0.962 bits per heavy atom. The lowest BCUT2D eigenvalue weighted by Crippen LogP contribution is -2.53. The van der Waals surface area contributed by atoms with Crippen LogP contribution in [-0.2, 0) is 6.42 Å². The van der Waals surface area contributed by atoms with Crippen molar-refractivity contribution in [2.45, 2.75) is 12.4 Å². The molecule has 1 aliphatic heterocycles. The first kappa shape index (κ1) is 17.5. The second-order valence-corrected chi connectivity index (χ2v) is 5.74. The molecule has 0 spiro atoms. The second kappa shape index (κ2) is 6.89. The zero-order valence-corrected chi connectivity index (χ0v) is 13.4. The number of aromatic carboxylic acids is 2. The Balaban J connectivity index is 1.84. The van der Waals surface area contributed by atoms with Crippen LogP contribution in [0.4, 0.5) is 0 Å². The van der Waals surface area contributed by atoms with Crippen molar-refractivity contribution in [3.8, 4) is 5.75 Å². The highest BCUT2D eigenvalue weighted by Crippen LogP contribution is 2.30. The predicted molar refractivity (Wildman–Crippen MR) is 90.4 cm³/mol. The number of carbonyl (C=O) groups excluding carboxylic acids is 1. The van der Waals surface area contributed by atoms with Gasteiger partial charge in [0, 0.05) is 0 Å². The molecule has 26 heavy (non-hydrogen) atoms. The smallest absolute Gasteiger partial charge is 0.534 e. The molecule has 1 atom stereocenters. The van der Waals surface area contributed by atoms with Gasteiger partial charge in [0.1, 0.15) is 5.75 Å². The van der Waals surface area contributed by atoms with Crippen molar-refractivity contribution in [3.63, 3.8) is 0 Å². The Kier molecular flexibility index (Phi) is 4.64. The fourth-order valence-corrected chi connectivity index (χ4v) is 2.83. The van der Waals surface area contributed by atoms with E-state index >= 15 is 0 Å². The van der Waals surface area contributed by atoms with E-state index in [1.165, 1.54) is 30.3 Å². The Morgan fingerprint density at radius 3 is 2.23 bits per heavy atom. The van der Waals surface area contributed by atoms with Crippen LogP contribution in [0.25, 0.3) is 0 Å². The number of nitrogens with one attached hydrogen (secondary N) is 1. The van der Waals surface area contributed by atoms with Gasteiger partial charge in [0.2, 0.25) is 0 Å². The highest BCUT2D eigenvalue weighted by Gasteiger charge is 2.38. The minimum atomic E-state index is -1.47. The molecule has 0 bridgehead atoms. The fourth-order valence-electron chi connectivity index (χ4n) is 2.83. The highest BCUT2D eigenvalue weighted by atomic mass is 16.5. The van der Waals surface area contributed by atoms with Crippen LogP contribution in [-0.4, -0.2) is 46.1 Å². The fraction of sp³-hybridized carbons (Fsp3) is 0.118. The van der Waals surface area contributed by atoms with Crippen LogP contribution >= 0.6 is 0 Å². The number of hydrogen-bond donors (Lipinski definition) is 4. The van der Waals surface area contributed by atoms with E-state index in [2.05, 4.69) is 5.32 Å². The summed E-state index contributed by atoms with van der Waals surface area (Å²) in [5.41, 5.74) is 0.233. The number of benzene rings is 2. The van der Waals surface area contributed by atoms with E-state index in [1.54, 1.807) is 12.1 Å². The summed E-state index contributed by atoms with van der Waals surface area (Å²) in [6, 6.07) is 10.2. The van der Waals surface area contributed by atoms with Crippen molar-refractivity contribution >= 4 is 25.0 Å². The summed E-state index contributed by atoms with van der Waals surface area (Å²) in [5, 5.41) is 31.1. The van der Waals surface area contributed by atoms with E-state index < -0.39 is 30.9 Å². The first-order valence-electron chi connectivity index (χ1n) is 7.71. The molecule has 4 N–H and O–H groups in total. The monoisotopic (exact) mass is 355 g/mol. The molecule has 2 aromatic carbocycles. The zero-order chi connectivity index (χ0) is 18.8. The summed E-state index contributed by atoms with van der Waals surface area (Å²) in [5.74, 6) is -3.90. The molecule has 1 aliphatic rings. The molecule has 3 rings (SSSR count). The summed E-state index contributed by atoms with van der Waals surface area (Å²) in [6.45, 7) is 0. The van der Waals surface area contributed by atoms with E-state index in [4.69, 9.17) is 4.65 Å². The molecule has 0 aromatic heterocycles. The number of para-hydroxylation sites is 1. The van der Waals surface area contributed by atoms with Gasteiger partial charge in [0.05, 0.1) is 22.6 Å². The molecule has 2 aromatic rings. The second-order valence-electron chi connectivity index (χ2n) is 5.74. The summed E-state index contributed by atoms with van der Waals surface area (Å²) in [7, 11) is -1.47. The zero-order valence-electron chi connectivity index (χ0n) is 13.4. The first-order valence-corrected chi connectivity index (χ1v) is 7.71. The van der Waals surface area contributed by atoms with Gasteiger partial charge in [-0.25, -0.2) is 9.59 Å². The first-order chi connectivity index (χ1) is 12.4. The van der Waals surface area contributed by atoms with Gasteiger partial charge in [-0.15, -0.1) is 0 Å². The highest BCUT2D eigenvalue weighted by molar-refractivity contribution is 6.47. The molecule has 0 radical (unpaired) electrons. The van der Waals surface area contributed by atoms with Gasteiger partial charge >= 0.3 is 19.1 Å². The number of carboxylic acids is 2. The molecule has 1 amide bonds. The van der Waals surface area contributed by atoms with Gasteiger partial charge in [-0.2, -0.15) is 0 Å². The Bertz CT molecular complexity index is 898. The maximum Gasteiger partial charge on any atom is 0.547 e. The third-order valence-corrected chi connectivity index (χ3v) is 4.07. The quantitative estimate of drug-likeness (QED) is 0.597. The molecule has 0 aliphatic carbocycles. The Morgan fingerprint density at radius 2 is 1.58 bits per heavy atom. The lowest BCUT2D eigenvalue weighted by Gasteiger charge is -2.29. The Labute approximate surface area is 148 Å². The largest absolute Gasteiger partial charge is 0.547 e. The maximum atomic E-state index is 12.4. The van der Waals surface area contributed by atoms with Gasteiger partial charge in [0.25, 0.3) is 5.91 Å². The number of rotatable bonds is 4. The van der Waals surface area contributed by atoms with Crippen molar-refractivity contribution in [2.24, 2.45) is 0 Å². The SMILES string of the molecule is O=C(O)c1ccccc1C(=O)NC1Cc2cccc(C(=O)O)c2OB1O. The summed E-state index contributed by atoms with van der Waals surface area (Å²) in [4.78, 5) is 34.9. The van der Waals surface area contributed by atoms with Crippen LogP contribution in [0.15, 0.2) is 42.5 Å². The number of carbonyl (C=O) groups is 3. The third-order valence-electron chi connectivity index (χ3n) is 4.07. The topological polar surface area (TPSA) is 133 Å². The predicted octanol–water partition coefficient (Wildman–Crippen LogP) is 0.836. The Hall–Kier alpha value is -3.33. The van der Waals surface area contributed by atoms with Crippen molar-refractivity contribution in [1.82, 2.24) is 5.32 Å². The number of carboxylic acid groups (broad SMARTS) is 2. The molecule has 132 valence electrons. The molecule has 1 heterocycles. The van der Waals surface area contributed by atoms with Crippen molar-refractivity contribution in [3.05, 3.63) is 64.7 Å². The van der Waals surface area contributed by atoms with Gasteiger partial charge in [-0.05, 0) is 30.2 Å². The van der Waals surface area contributed by atoms with E-state index in [1.807, 2.05) is 0 Å². The van der Waals surface area contributed by atoms with E-state index in [0.29, 0.717) is 5.56 Å². The molecule has 1 unspecified atom stereocenters. The molecular weight excluding hydrogens is 341 g/mol. The summed E-state index contributed by atoms with van der Waals surface area (Å²) >= 11 is 0. The molecule has 0 saturated heterocycles. The van der Waals surface area contributed by atoms with E-state index in [-0.39, 0.29) is 28.9 Å². The lowest BCUT2D eigenvalue weighted by molar-refractivity contribution is 0.0683. The normalized spacial score (nSPS) is 15.6. The molecule has 0 fully saturated rings. The average molecular weight is 355 g/mol. The van der Waals surface area contributed by atoms with Crippen LogP contribution in [0.5, 0.6) is 5.75 Å². The van der Waals surface area contributed by atoms with E-state index in [0.717, 1.165) is 0 Å². The van der Waals surface area contributed by atoms with Crippen molar-refractivity contribution in [1.29, 1.82) is 0 Å². The van der Waals surface area contributed by atoms with Crippen LogP contribution in [0.2, 0.25) is 0 Å². The van der Waals surface area contributed by atoms with Gasteiger partial charge in [-0.1, -0.05) is 24.3 Å². The van der Waals surface area contributed by atoms with Gasteiger partial charge in [0.15, 0.2) is 0 Å². The van der Waals surface area contributed by atoms with Crippen LogP contribution < -0.4 is 9.97 Å². The number of amides is 1. The molecule has 0 saturated carbocycles. The summed E-state index contributed by atoms with van der Waals surface area (Å²) < 4.78 is 5.29. The van der Waals surface area contributed by atoms with Crippen LogP contribution in [0.1, 0.15) is 36.6 Å². The minimum Gasteiger partial charge on any atom is -0.534 e. The van der Waals surface area contributed by atoms with Crippen molar-refractivity contribution < 1.29 is 34.3 Å². The minimum absolute atomic E-state index is 0.0442. The van der Waals surface area contributed by atoms with Crippen LogP contribution in [0.3, 0.4) is 0 Å². The number of fused-ring (bicyclic) bond motifs is 1. The number of hydrogen-bond acceptors (Lipinski definition) is 5. The molecule has 8 nitrogen and oxygen atoms in total. The molecule has 9 heteroatoms. The maximum absolute atomic E-state index is 12.4. The van der Waals surface area contributed by atoms with Crippen LogP contribution in [0, 0.1) is 0 Å². The standard InChI is InChI=1S/C17H14BNO7/c20-15(10-5-1-2-6-11(10)16(21)22)19-13-8-9-4-3-7-12(17(23)24)14(9)26-18(13)25/h1-7,13,25H,8H2,(H,19,20)(H,21,22)(H,23,24). The third kappa shape index (κ3) is 3.24. The lowest BCUT2D eigenvalue weighted by atomic mass is 9.72. The van der Waals surface area contributed by atoms with Crippen molar-refractivity contribution in [2.75, 3.05) is 0 Å². The van der Waals surface area contributed by atoms with Gasteiger partial charge < -0.3 is 25.2 Å². The van der Waals surface area contributed by atoms with Gasteiger partial charge in [-0.3, -0.25) is 4.79 Å².